The quantitative estimate of drug-likeness (QED) is 0.822. The van der Waals surface area contributed by atoms with Crippen molar-refractivity contribution in [2.75, 3.05) is 13.7 Å². The number of ether oxygens (including phenoxy) is 1. The average molecular weight is 218 g/mol. The van der Waals surface area contributed by atoms with Gasteiger partial charge in [0.15, 0.2) is 5.65 Å². The van der Waals surface area contributed by atoms with Crippen molar-refractivity contribution in [3.05, 3.63) is 24.3 Å². The Morgan fingerprint density at radius 2 is 2.44 bits per heavy atom. The fraction of sp³-hybridized carbons (Fsp3) is 0.455. The van der Waals surface area contributed by atoms with Crippen molar-refractivity contribution in [3.63, 3.8) is 0 Å². The van der Waals surface area contributed by atoms with Crippen LogP contribution in [0.5, 0.6) is 5.88 Å². The van der Waals surface area contributed by atoms with E-state index in [-0.39, 0.29) is 0 Å². The highest BCUT2D eigenvalue weighted by Crippen LogP contribution is 2.22. The first-order valence-electron chi connectivity index (χ1n) is 5.49. The lowest BCUT2D eigenvalue weighted by atomic mass is 10.2. The molecule has 1 unspecified atom stereocenters. The second-order valence-electron chi connectivity index (χ2n) is 4.01. The Hall–Kier alpha value is -1.62. The van der Waals surface area contributed by atoms with Crippen LogP contribution in [0.25, 0.3) is 5.65 Å². The highest BCUT2D eigenvalue weighted by atomic mass is 16.5. The van der Waals surface area contributed by atoms with Crippen LogP contribution < -0.4 is 10.1 Å². The molecule has 0 spiro atoms. The molecule has 1 aliphatic rings. The molecule has 1 fully saturated rings. The Balaban J connectivity index is 2.01. The topological polar surface area (TPSA) is 51.5 Å². The van der Waals surface area contributed by atoms with Crippen LogP contribution >= 0.6 is 0 Å². The van der Waals surface area contributed by atoms with Crippen molar-refractivity contribution < 1.29 is 4.74 Å². The number of hydrogen-bond donors (Lipinski definition) is 1. The number of hydrogen-bond acceptors (Lipinski definition) is 4. The number of nitrogens with zero attached hydrogens (tertiary/aromatic N) is 3. The Kier molecular flexibility index (Phi) is 2.25. The van der Waals surface area contributed by atoms with Gasteiger partial charge in [-0.25, -0.2) is 9.97 Å². The van der Waals surface area contributed by atoms with Gasteiger partial charge in [-0.2, -0.15) is 0 Å². The molecule has 0 aliphatic carbocycles. The number of rotatable bonds is 2. The van der Waals surface area contributed by atoms with Gasteiger partial charge in [-0.1, -0.05) is 0 Å². The third-order valence-electron chi connectivity index (χ3n) is 2.96. The summed E-state index contributed by atoms with van der Waals surface area (Å²) in [5.41, 5.74) is 1.96. The van der Waals surface area contributed by atoms with Crippen LogP contribution in [-0.2, 0) is 0 Å². The zero-order valence-electron chi connectivity index (χ0n) is 9.18. The lowest BCUT2D eigenvalue weighted by Crippen LogP contribution is -2.12. The van der Waals surface area contributed by atoms with Crippen LogP contribution in [0.4, 0.5) is 0 Å². The van der Waals surface area contributed by atoms with Gasteiger partial charge in [-0.15, -0.1) is 0 Å². The molecule has 1 atom stereocenters. The smallest absolute Gasteiger partial charge is 0.230 e. The maximum atomic E-state index is 5.08. The van der Waals surface area contributed by atoms with Gasteiger partial charge >= 0.3 is 0 Å². The summed E-state index contributed by atoms with van der Waals surface area (Å²) in [6, 6.07) is 0.394. The van der Waals surface area contributed by atoms with E-state index in [2.05, 4.69) is 15.3 Å². The first kappa shape index (κ1) is 9.59. The van der Waals surface area contributed by atoms with Crippen molar-refractivity contribution in [2.24, 2.45) is 0 Å². The second kappa shape index (κ2) is 3.75. The Morgan fingerprint density at radius 1 is 1.50 bits per heavy atom. The molecule has 0 saturated carbocycles. The van der Waals surface area contributed by atoms with Crippen molar-refractivity contribution in [1.82, 2.24) is 19.7 Å². The highest BCUT2D eigenvalue weighted by molar-refractivity contribution is 5.39. The van der Waals surface area contributed by atoms with E-state index in [1.807, 2.05) is 16.8 Å². The molecule has 2 aromatic heterocycles. The van der Waals surface area contributed by atoms with Crippen molar-refractivity contribution in [3.8, 4) is 5.88 Å². The molecule has 0 radical (unpaired) electrons. The van der Waals surface area contributed by atoms with E-state index in [1.165, 1.54) is 6.42 Å². The summed E-state index contributed by atoms with van der Waals surface area (Å²) in [5, 5.41) is 3.43. The molecule has 3 heterocycles. The van der Waals surface area contributed by atoms with Crippen LogP contribution in [0.2, 0.25) is 0 Å². The standard InChI is InChI=1S/C11H14N4O/c1-16-11-7-15-6-9(8-3-2-4-12-8)14-10(15)5-13-11/h5-8,12H,2-4H2,1H3. The first-order chi connectivity index (χ1) is 7.86. The fourth-order valence-corrected chi connectivity index (χ4v) is 2.11. The van der Waals surface area contributed by atoms with Crippen LogP contribution in [-0.4, -0.2) is 28.0 Å². The Labute approximate surface area is 93.5 Å². The molecule has 5 heteroatoms. The minimum absolute atomic E-state index is 0.394. The Morgan fingerprint density at radius 3 is 3.19 bits per heavy atom. The summed E-state index contributed by atoms with van der Waals surface area (Å²) in [6.45, 7) is 1.08. The normalized spacial score (nSPS) is 20.4. The van der Waals surface area contributed by atoms with Gasteiger partial charge in [0.2, 0.25) is 5.88 Å². The van der Waals surface area contributed by atoms with E-state index in [4.69, 9.17) is 4.74 Å². The van der Waals surface area contributed by atoms with Gasteiger partial charge in [-0.05, 0) is 19.4 Å². The maximum Gasteiger partial charge on any atom is 0.230 e. The molecule has 1 aliphatic heterocycles. The Bertz CT molecular complexity index is 502. The second-order valence-corrected chi connectivity index (χ2v) is 4.01. The first-order valence-corrected chi connectivity index (χ1v) is 5.49. The molecule has 2 aromatic rings. The zero-order chi connectivity index (χ0) is 11.0. The summed E-state index contributed by atoms with van der Waals surface area (Å²) in [4.78, 5) is 8.69. The molecule has 0 amide bonds. The van der Waals surface area contributed by atoms with E-state index in [0.717, 1.165) is 24.3 Å². The van der Waals surface area contributed by atoms with Crippen LogP contribution in [0, 0.1) is 0 Å². The lowest BCUT2D eigenvalue weighted by Gasteiger charge is -2.04. The molecule has 1 saturated heterocycles. The third kappa shape index (κ3) is 1.53. The minimum atomic E-state index is 0.394. The van der Waals surface area contributed by atoms with Gasteiger partial charge in [0.1, 0.15) is 0 Å². The molecule has 84 valence electrons. The molecule has 16 heavy (non-hydrogen) atoms. The van der Waals surface area contributed by atoms with E-state index < -0.39 is 0 Å². The molecular formula is C11H14N4O. The molecule has 5 nitrogen and oxygen atoms in total. The van der Waals surface area contributed by atoms with E-state index in [9.17, 15) is 0 Å². The number of methoxy groups -OCH3 is 1. The van der Waals surface area contributed by atoms with E-state index in [0.29, 0.717) is 11.9 Å². The van der Waals surface area contributed by atoms with E-state index in [1.54, 1.807) is 13.3 Å². The van der Waals surface area contributed by atoms with E-state index >= 15 is 0 Å². The number of aromatic nitrogens is 3. The van der Waals surface area contributed by atoms with Crippen molar-refractivity contribution >= 4 is 5.65 Å². The van der Waals surface area contributed by atoms with Crippen LogP contribution in [0.1, 0.15) is 24.6 Å². The van der Waals surface area contributed by atoms with Crippen LogP contribution in [0.3, 0.4) is 0 Å². The minimum Gasteiger partial charge on any atom is -0.480 e. The lowest BCUT2D eigenvalue weighted by molar-refractivity contribution is 0.395. The van der Waals surface area contributed by atoms with Crippen molar-refractivity contribution in [1.29, 1.82) is 0 Å². The van der Waals surface area contributed by atoms with Gasteiger partial charge < -0.3 is 14.5 Å². The largest absolute Gasteiger partial charge is 0.480 e. The fourth-order valence-electron chi connectivity index (χ4n) is 2.11. The number of imidazole rings is 1. The molecule has 0 aromatic carbocycles. The van der Waals surface area contributed by atoms with Gasteiger partial charge in [-0.3, -0.25) is 0 Å². The predicted molar refractivity (Wildman–Crippen MR) is 59.5 cm³/mol. The molecule has 3 rings (SSSR count). The maximum absolute atomic E-state index is 5.08. The number of fused-ring (bicyclic) bond motifs is 1. The highest BCUT2D eigenvalue weighted by Gasteiger charge is 2.19. The number of nitrogens with one attached hydrogen (secondary N) is 1. The molecule has 1 N–H and O–H groups in total. The molecular weight excluding hydrogens is 204 g/mol. The zero-order valence-corrected chi connectivity index (χ0v) is 9.18. The van der Waals surface area contributed by atoms with Gasteiger partial charge in [0.25, 0.3) is 0 Å². The summed E-state index contributed by atoms with van der Waals surface area (Å²) in [5.74, 6) is 0.607. The molecule has 0 bridgehead atoms. The summed E-state index contributed by atoms with van der Waals surface area (Å²) in [7, 11) is 1.62. The van der Waals surface area contributed by atoms with Crippen molar-refractivity contribution in [2.45, 2.75) is 18.9 Å². The average Bonchev–Trinajstić information content (AvgIpc) is 2.96. The monoisotopic (exact) mass is 218 g/mol. The predicted octanol–water partition coefficient (Wildman–Crippen LogP) is 1.16. The SMILES string of the molecule is COc1cn2cc(C3CCCN3)nc2cn1. The summed E-state index contributed by atoms with van der Waals surface area (Å²) in [6.07, 6.45) is 8.01. The third-order valence-corrected chi connectivity index (χ3v) is 2.96. The van der Waals surface area contributed by atoms with Gasteiger partial charge in [0.05, 0.1) is 31.2 Å². The van der Waals surface area contributed by atoms with Crippen LogP contribution in [0.15, 0.2) is 18.6 Å². The summed E-state index contributed by atoms with van der Waals surface area (Å²) >= 11 is 0. The van der Waals surface area contributed by atoms with Gasteiger partial charge in [0, 0.05) is 6.20 Å². The summed E-state index contributed by atoms with van der Waals surface area (Å²) < 4.78 is 7.04.